The van der Waals surface area contributed by atoms with Gasteiger partial charge in [-0.2, -0.15) is 0 Å². The summed E-state index contributed by atoms with van der Waals surface area (Å²) in [6.45, 7) is 10.8. The molecule has 0 aromatic heterocycles. The quantitative estimate of drug-likeness (QED) is 0.601. The van der Waals surface area contributed by atoms with Crippen LogP contribution in [0.2, 0.25) is 0 Å². The highest BCUT2D eigenvalue weighted by Gasteiger charge is 2.45. The van der Waals surface area contributed by atoms with Crippen molar-refractivity contribution in [1.82, 2.24) is 4.90 Å². The molecule has 1 aliphatic heterocycles. The first kappa shape index (κ1) is 20.6. The molecule has 3 fully saturated rings. The van der Waals surface area contributed by atoms with Crippen molar-refractivity contribution in [3.8, 4) is 11.5 Å². The SMILES string of the molecule is C=C1N(C2C(C)CC3CCCC2C3)CCCC1(C)Cc1cc(OC)cc(OC)c1. The Bertz CT molecular complexity index is 720. The summed E-state index contributed by atoms with van der Waals surface area (Å²) >= 11 is 0. The summed E-state index contributed by atoms with van der Waals surface area (Å²) in [5, 5.41) is 0. The van der Waals surface area contributed by atoms with Crippen LogP contribution in [0.25, 0.3) is 0 Å². The van der Waals surface area contributed by atoms with Crippen LogP contribution in [0, 0.1) is 23.2 Å². The minimum absolute atomic E-state index is 0.0981. The third-order valence-corrected chi connectivity index (χ3v) is 8.13. The van der Waals surface area contributed by atoms with Gasteiger partial charge in [-0.15, -0.1) is 0 Å². The fourth-order valence-corrected chi connectivity index (χ4v) is 6.75. The van der Waals surface area contributed by atoms with E-state index in [-0.39, 0.29) is 5.41 Å². The van der Waals surface area contributed by atoms with Crippen LogP contribution in [-0.4, -0.2) is 31.7 Å². The lowest BCUT2D eigenvalue weighted by Crippen LogP contribution is -2.53. The maximum atomic E-state index is 5.51. The number of piperidine rings is 1. The zero-order chi connectivity index (χ0) is 20.6. The number of methoxy groups -OCH3 is 2. The third kappa shape index (κ3) is 4.02. The fraction of sp³-hybridized carbons (Fsp3) is 0.692. The second-order valence-corrected chi connectivity index (χ2v) is 10.2. The van der Waals surface area contributed by atoms with Gasteiger partial charge in [-0.1, -0.05) is 33.3 Å². The highest BCUT2D eigenvalue weighted by Crippen LogP contribution is 2.49. The van der Waals surface area contributed by atoms with E-state index < -0.39 is 0 Å². The van der Waals surface area contributed by atoms with E-state index in [2.05, 4.69) is 30.9 Å². The molecule has 0 N–H and O–H groups in total. The van der Waals surface area contributed by atoms with Crippen molar-refractivity contribution in [3.05, 3.63) is 36.0 Å². The molecule has 4 rings (SSSR count). The van der Waals surface area contributed by atoms with E-state index >= 15 is 0 Å². The van der Waals surface area contributed by atoms with Gasteiger partial charge in [0.1, 0.15) is 11.5 Å². The van der Waals surface area contributed by atoms with Crippen LogP contribution in [0.5, 0.6) is 11.5 Å². The molecule has 1 aromatic carbocycles. The van der Waals surface area contributed by atoms with E-state index in [4.69, 9.17) is 16.1 Å². The van der Waals surface area contributed by atoms with E-state index in [1.807, 2.05) is 6.07 Å². The summed E-state index contributed by atoms with van der Waals surface area (Å²) in [4.78, 5) is 2.75. The molecule has 2 saturated carbocycles. The van der Waals surface area contributed by atoms with Gasteiger partial charge in [0.2, 0.25) is 0 Å². The molecule has 5 atom stereocenters. The predicted molar refractivity (Wildman–Crippen MR) is 119 cm³/mol. The number of nitrogens with zero attached hydrogens (tertiary/aromatic N) is 1. The first-order valence-corrected chi connectivity index (χ1v) is 11.6. The van der Waals surface area contributed by atoms with E-state index in [0.717, 1.165) is 35.7 Å². The zero-order valence-electron chi connectivity index (χ0n) is 18.9. The molecule has 0 spiro atoms. The van der Waals surface area contributed by atoms with Crippen LogP contribution in [-0.2, 0) is 6.42 Å². The maximum absolute atomic E-state index is 5.51. The second-order valence-electron chi connectivity index (χ2n) is 10.2. The Kier molecular flexibility index (Phi) is 5.86. The van der Waals surface area contributed by atoms with Crippen molar-refractivity contribution in [2.24, 2.45) is 23.2 Å². The summed E-state index contributed by atoms with van der Waals surface area (Å²) in [5.74, 6) is 4.38. The Morgan fingerprint density at radius 1 is 1.07 bits per heavy atom. The van der Waals surface area contributed by atoms with Crippen LogP contribution in [0.1, 0.15) is 64.4 Å². The molecule has 1 heterocycles. The predicted octanol–water partition coefficient (Wildman–Crippen LogP) is 6.08. The highest BCUT2D eigenvalue weighted by atomic mass is 16.5. The summed E-state index contributed by atoms with van der Waals surface area (Å²) in [6.07, 6.45) is 10.6. The highest BCUT2D eigenvalue weighted by molar-refractivity contribution is 5.39. The Hall–Kier alpha value is -1.64. The molecular formula is C26H39NO2. The van der Waals surface area contributed by atoms with Crippen molar-refractivity contribution < 1.29 is 9.47 Å². The number of ether oxygens (including phenoxy) is 2. The first-order valence-electron chi connectivity index (χ1n) is 11.6. The average molecular weight is 398 g/mol. The summed E-state index contributed by atoms with van der Waals surface area (Å²) < 4.78 is 11.0. The smallest absolute Gasteiger partial charge is 0.122 e. The maximum Gasteiger partial charge on any atom is 0.122 e. The molecule has 3 nitrogen and oxygen atoms in total. The number of likely N-dealkylation sites (tertiary alicyclic amines) is 1. The van der Waals surface area contributed by atoms with E-state index in [1.165, 1.54) is 62.8 Å². The van der Waals surface area contributed by atoms with Gasteiger partial charge in [0.15, 0.2) is 0 Å². The molecule has 0 amide bonds. The van der Waals surface area contributed by atoms with Gasteiger partial charge in [-0.25, -0.2) is 0 Å². The van der Waals surface area contributed by atoms with Crippen LogP contribution in [0.15, 0.2) is 30.5 Å². The molecule has 2 aliphatic carbocycles. The van der Waals surface area contributed by atoms with E-state index in [1.54, 1.807) is 14.2 Å². The lowest BCUT2D eigenvalue weighted by Gasteiger charge is -2.55. The summed E-state index contributed by atoms with van der Waals surface area (Å²) in [7, 11) is 3.45. The van der Waals surface area contributed by atoms with Gasteiger partial charge in [0, 0.05) is 29.8 Å². The standard InChI is InChI=1S/C26H39NO2/c1-18-12-20-8-6-9-22(13-20)25(18)27-11-7-10-26(3,19(27)2)17-21-14-23(28-4)16-24(15-21)29-5/h14-16,18,20,22,25H,2,6-13,17H2,1,3-5H3. The lowest BCUT2D eigenvalue weighted by atomic mass is 9.64. The van der Waals surface area contributed by atoms with Crippen molar-refractivity contribution in [3.63, 3.8) is 0 Å². The van der Waals surface area contributed by atoms with Crippen LogP contribution < -0.4 is 9.47 Å². The largest absolute Gasteiger partial charge is 0.497 e. The molecule has 3 aliphatic rings. The Balaban J connectivity index is 1.56. The Labute approximate surface area is 177 Å². The van der Waals surface area contributed by atoms with Gasteiger partial charge < -0.3 is 14.4 Å². The number of hydrogen-bond acceptors (Lipinski definition) is 3. The lowest BCUT2D eigenvalue weighted by molar-refractivity contribution is 0.00478. The molecule has 29 heavy (non-hydrogen) atoms. The first-order chi connectivity index (χ1) is 13.9. The van der Waals surface area contributed by atoms with Crippen LogP contribution in [0.3, 0.4) is 0 Å². The third-order valence-electron chi connectivity index (χ3n) is 8.13. The number of rotatable bonds is 5. The van der Waals surface area contributed by atoms with E-state index in [9.17, 15) is 0 Å². The number of allylic oxidation sites excluding steroid dienone is 1. The van der Waals surface area contributed by atoms with Crippen LogP contribution >= 0.6 is 0 Å². The van der Waals surface area contributed by atoms with Crippen molar-refractivity contribution in [2.45, 2.75) is 71.3 Å². The normalized spacial score (nSPS) is 34.8. The Morgan fingerprint density at radius 2 is 1.79 bits per heavy atom. The zero-order valence-corrected chi connectivity index (χ0v) is 18.9. The summed E-state index contributed by atoms with van der Waals surface area (Å²) in [5.41, 5.74) is 2.74. The molecule has 1 aromatic rings. The number of hydrogen-bond donors (Lipinski definition) is 0. The van der Waals surface area contributed by atoms with Gasteiger partial charge in [0.05, 0.1) is 14.2 Å². The minimum Gasteiger partial charge on any atom is -0.497 e. The number of fused-ring (bicyclic) bond motifs is 2. The van der Waals surface area contributed by atoms with Gasteiger partial charge >= 0.3 is 0 Å². The van der Waals surface area contributed by atoms with Crippen molar-refractivity contribution >= 4 is 0 Å². The molecule has 3 heteroatoms. The van der Waals surface area contributed by atoms with Gasteiger partial charge in [-0.3, -0.25) is 0 Å². The molecule has 5 unspecified atom stereocenters. The fourth-order valence-electron chi connectivity index (χ4n) is 6.75. The number of benzene rings is 1. The summed E-state index contributed by atoms with van der Waals surface area (Å²) in [6, 6.07) is 6.97. The molecule has 1 saturated heterocycles. The van der Waals surface area contributed by atoms with Crippen LogP contribution in [0.4, 0.5) is 0 Å². The molecule has 0 radical (unpaired) electrons. The second kappa shape index (κ2) is 8.24. The molecule has 2 bridgehead atoms. The van der Waals surface area contributed by atoms with E-state index in [0.29, 0.717) is 6.04 Å². The topological polar surface area (TPSA) is 21.7 Å². The van der Waals surface area contributed by atoms with Crippen molar-refractivity contribution in [2.75, 3.05) is 20.8 Å². The Morgan fingerprint density at radius 3 is 2.48 bits per heavy atom. The van der Waals surface area contributed by atoms with Gasteiger partial charge in [0.25, 0.3) is 0 Å². The average Bonchev–Trinajstić information content (AvgIpc) is 2.70. The molecular weight excluding hydrogens is 358 g/mol. The van der Waals surface area contributed by atoms with Crippen molar-refractivity contribution in [1.29, 1.82) is 0 Å². The minimum atomic E-state index is 0.0981. The molecule has 160 valence electrons. The van der Waals surface area contributed by atoms with Gasteiger partial charge in [-0.05, 0) is 74.0 Å². The monoisotopic (exact) mass is 397 g/mol.